The molecule has 2 atom stereocenters. The van der Waals surface area contributed by atoms with E-state index < -0.39 is 18.1 Å². The van der Waals surface area contributed by atoms with Crippen molar-refractivity contribution in [2.24, 2.45) is 11.1 Å². The van der Waals surface area contributed by atoms with Crippen molar-refractivity contribution in [3.8, 4) is 0 Å². The first kappa shape index (κ1) is 16.5. The van der Waals surface area contributed by atoms with Gasteiger partial charge in [-0.15, -0.1) is 0 Å². The average Bonchev–Trinajstić information content (AvgIpc) is 2.78. The third-order valence-corrected chi connectivity index (χ3v) is 4.16. The second-order valence-corrected chi connectivity index (χ2v) is 6.71. The number of carbonyl (C=O) groups excluding carboxylic acids is 1. The number of benzene rings is 1. The molecule has 7 heteroatoms. The number of nitroso groups, excluding NO2 is 1. The van der Waals surface area contributed by atoms with E-state index in [0.29, 0.717) is 5.69 Å². The lowest BCUT2D eigenvalue weighted by molar-refractivity contribution is -0.505. The summed E-state index contributed by atoms with van der Waals surface area (Å²) in [6, 6.07) is 5.25. The third kappa shape index (κ3) is 3.48. The highest BCUT2D eigenvalue weighted by Crippen LogP contribution is 2.23. The van der Waals surface area contributed by atoms with E-state index in [9.17, 15) is 9.70 Å². The Morgan fingerprint density at radius 2 is 1.95 bits per heavy atom. The van der Waals surface area contributed by atoms with Crippen LogP contribution >= 0.6 is 12.2 Å². The Labute approximate surface area is 134 Å². The van der Waals surface area contributed by atoms with Gasteiger partial charge in [0.05, 0.1) is 4.99 Å². The molecule has 1 saturated heterocycles. The van der Waals surface area contributed by atoms with Crippen molar-refractivity contribution in [3.05, 3.63) is 29.2 Å². The van der Waals surface area contributed by atoms with Crippen molar-refractivity contribution in [1.29, 1.82) is 0 Å². The number of nitrogens with zero attached hydrogens (tertiary/aromatic N) is 1. The molecule has 3 N–H and O–H groups in total. The Kier molecular flexibility index (Phi) is 4.58. The van der Waals surface area contributed by atoms with Crippen molar-refractivity contribution < 1.29 is 14.3 Å². The Bertz CT molecular complexity index is 607. The fraction of sp³-hybridized carbons (Fsp3) is 0.467. The predicted octanol–water partition coefficient (Wildman–Crippen LogP) is 2.14. The number of esters is 1. The minimum absolute atomic E-state index is 0.0115. The van der Waals surface area contributed by atoms with Crippen LogP contribution in [-0.4, -0.2) is 34.4 Å². The fourth-order valence-corrected chi connectivity index (χ4v) is 2.06. The molecule has 1 aliphatic heterocycles. The van der Waals surface area contributed by atoms with Crippen LogP contribution < -0.4 is 11.1 Å². The van der Waals surface area contributed by atoms with Gasteiger partial charge in [0.1, 0.15) is 0 Å². The maximum absolute atomic E-state index is 12.3. The first-order valence-corrected chi connectivity index (χ1v) is 7.41. The number of cyclic esters (lactones) is 1. The van der Waals surface area contributed by atoms with Crippen LogP contribution in [0.4, 0.5) is 11.4 Å². The predicted molar refractivity (Wildman–Crippen MR) is 88.1 cm³/mol. The molecule has 2 unspecified atom stereocenters. The molecule has 0 aromatic heterocycles. The molecule has 118 valence electrons. The summed E-state index contributed by atoms with van der Waals surface area (Å²) in [7, 11) is 0. The zero-order valence-electron chi connectivity index (χ0n) is 12.8. The van der Waals surface area contributed by atoms with Gasteiger partial charge in [-0.2, -0.15) is 0 Å². The minimum atomic E-state index is -0.913. The molecular formula is C15H20N3O3S+. The van der Waals surface area contributed by atoms with E-state index in [-0.39, 0.29) is 12.0 Å². The van der Waals surface area contributed by atoms with E-state index in [4.69, 9.17) is 22.7 Å². The molecule has 0 amide bonds. The summed E-state index contributed by atoms with van der Waals surface area (Å²) in [6.45, 7) is 6.08. The number of carbonyl (C=O) groups is 1. The summed E-state index contributed by atoms with van der Waals surface area (Å²) < 4.78 is 5.52. The molecule has 6 nitrogen and oxygen atoms in total. The zero-order valence-corrected chi connectivity index (χ0v) is 13.6. The quantitative estimate of drug-likeness (QED) is 0.504. The number of nitrogens with one attached hydrogen (secondary N) is 1. The van der Waals surface area contributed by atoms with Crippen LogP contribution in [0, 0.1) is 10.3 Å². The van der Waals surface area contributed by atoms with Crippen molar-refractivity contribution >= 4 is 34.6 Å². The topological polar surface area (TPSA) is 84.4 Å². The highest BCUT2D eigenvalue weighted by Gasteiger charge is 2.45. The molecule has 22 heavy (non-hydrogen) atoms. The second kappa shape index (κ2) is 6.10. The lowest BCUT2D eigenvalue weighted by atomic mass is 9.96. The molecule has 0 bridgehead atoms. The van der Waals surface area contributed by atoms with Gasteiger partial charge < -0.3 is 15.8 Å². The molecule has 1 heterocycles. The van der Waals surface area contributed by atoms with Crippen LogP contribution in [0.3, 0.4) is 0 Å². The maximum atomic E-state index is 12.3. The van der Waals surface area contributed by atoms with E-state index in [2.05, 4.69) is 5.32 Å². The summed E-state index contributed by atoms with van der Waals surface area (Å²) in [5.41, 5.74) is 6.75. The van der Waals surface area contributed by atoms with Crippen molar-refractivity contribution in [2.75, 3.05) is 11.9 Å². The van der Waals surface area contributed by atoms with Gasteiger partial charge in [0.15, 0.2) is 12.6 Å². The molecule has 0 aliphatic carbocycles. The van der Waals surface area contributed by atoms with Gasteiger partial charge in [-0.05, 0) is 12.1 Å². The van der Waals surface area contributed by atoms with E-state index in [1.807, 2.05) is 20.8 Å². The van der Waals surface area contributed by atoms with E-state index in [1.165, 1.54) is 0 Å². The number of nitrogens with two attached hydrogens (primary N) is 1. The van der Waals surface area contributed by atoms with Crippen LogP contribution in [0.1, 0.15) is 20.8 Å². The smallest absolute Gasteiger partial charge is 0.330 e. The molecular weight excluding hydrogens is 302 g/mol. The summed E-state index contributed by atoms with van der Waals surface area (Å²) in [5.74, 6) is -0.542. The monoisotopic (exact) mass is 322 g/mol. The van der Waals surface area contributed by atoms with Crippen molar-refractivity contribution in [3.63, 3.8) is 0 Å². The highest BCUT2D eigenvalue weighted by atomic mass is 32.1. The van der Waals surface area contributed by atoms with E-state index in [0.717, 1.165) is 15.4 Å². The summed E-state index contributed by atoms with van der Waals surface area (Å²) >= 11 is 5.32. The third-order valence-electron chi connectivity index (χ3n) is 3.45. The zero-order chi connectivity index (χ0) is 16.5. The number of rotatable bonds is 3. The summed E-state index contributed by atoms with van der Waals surface area (Å²) in [5, 5.41) is 3.14. The molecule has 1 fully saturated rings. The van der Waals surface area contributed by atoms with Gasteiger partial charge in [-0.1, -0.05) is 33.0 Å². The molecule has 2 rings (SSSR count). The second-order valence-electron chi connectivity index (χ2n) is 6.30. The lowest BCUT2D eigenvalue weighted by Gasteiger charge is -2.21. The first-order chi connectivity index (χ1) is 10.2. The van der Waals surface area contributed by atoms with Crippen molar-refractivity contribution in [1.82, 2.24) is 0 Å². The summed E-state index contributed by atoms with van der Waals surface area (Å²) in [6.07, 6.45) is 0. The Morgan fingerprint density at radius 3 is 2.41 bits per heavy atom. The Balaban J connectivity index is 2.07. The number of ether oxygens (including phenoxy) is 1. The maximum Gasteiger partial charge on any atom is 0.330 e. The van der Waals surface area contributed by atoms with E-state index >= 15 is 0 Å². The molecule has 0 saturated carbocycles. The van der Waals surface area contributed by atoms with Gasteiger partial charge in [0, 0.05) is 32.9 Å². The van der Waals surface area contributed by atoms with Gasteiger partial charge >= 0.3 is 5.97 Å². The van der Waals surface area contributed by atoms with Gasteiger partial charge in [-0.3, -0.25) is 4.79 Å². The normalized spacial score (nSPS) is 21.4. The molecule has 0 radical (unpaired) electrons. The lowest BCUT2D eigenvalue weighted by Crippen LogP contribution is -2.41. The molecule has 1 aromatic rings. The van der Waals surface area contributed by atoms with Crippen LogP contribution in [0.15, 0.2) is 24.3 Å². The Hall–Kier alpha value is -1.86. The number of hydrogen-bond donors (Lipinski definition) is 2. The van der Waals surface area contributed by atoms with Crippen LogP contribution in [-0.2, 0) is 9.53 Å². The van der Waals surface area contributed by atoms with Gasteiger partial charge in [0.2, 0.25) is 0 Å². The SMILES string of the molecule is CC(C)(C)C(=S)Nc1ccc([N+](=O)C2COC(=O)C2N)cc1. The summed E-state index contributed by atoms with van der Waals surface area (Å²) in [4.78, 5) is 24.2. The van der Waals surface area contributed by atoms with E-state index in [1.54, 1.807) is 24.3 Å². The van der Waals surface area contributed by atoms with Crippen molar-refractivity contribution in [2.45, 2.75) is 32.9 Å². The van der Waals surface area contributed by atoms with Crippen LogP contribution in [0.5, 0.6) is 0 Å². The number of thiocarbonyl (C=S) groups is 1. The molecule has 1 aromatic carbocycles. The number of hydrogen-bond acceptors (Lipinski definition) is 5. The van der Waals surface area contributed by atoms with Crippen LogP contribution in [0.25, 0.3) is 0 Å². The molecule has 1 aliphatic rings. The van der Waals surface area contributed by atoms with Gasteiger partial charge in [-0.25, -0.2) is 0 Å². The highest BCUT2D eigenvalue weighted by molar-refractivity contribution is 7.80. The van der Waals surface area contributed by atoms with Gasteiger partial charge in [0.25, 0.3) is 11.7 Å². The number of anilines is 1. The first-order valence-electron chi connectivity index (χ1n) is 7.00. The standard InChI is InChI=1S/C15H19N3O3S/c1-15(2,3)14(22)17-9-4-6-10(7-5-9)18(20)11-8-21-13(19)12(11)16/h4-7,11-12H,8,16H2,1-3H3/p+1. The average molecular weight is 322 g/mol. The fourth-order valence-electron chi connectivity index (χ4n) is 1.94. The minimum Gasteiger partial charge on any atom is -0.457 e. The largest absolute Gasteiger partial charge is 0.457 e. The van der Waals surface area contributed by atoms with Crippen LogP contribution in [0.2, 0.25) is 0 Å². The molecule has 0 spiro atoms. The Morgan fingerprint density at radius 1 is 1.36 bits per heavy atom.